The van der Waals surface area contributed by atoms with E-state index < -0.39 is 10.8 Å². The van der Waals surface area contributed by atoms with Crippen LogP contribution in [0.3, 0.4) is 0 Å². The third-order valence-electron chi connectivity index (χ3n) is 5.32. The molecule has 30 heavy (non-hydrogen) atoms. The normalized spacial score (nSPS) is 18.3. The number of rotatable bonds is 10. The van der Waals surface area contributed by atoms with Gasteiger partial charge in [-0.25, -0.2) is 0 Å². The van der Waals surface area contributed by atoms with Gasteiger partial charge in [0, 0.05) is 48.0 Å². The van der Waals surface area contributed by atoms with Crippen LogP contribution in [-0.2, 0) is 23.1 Å². The minimum Gasteiger partial charge on any atom is -0.357 e. The molecule has 1 aliphatic rings. The predicted octanol–water partition coefficient (Wildman–Crippen LogP) is 3.16. The summed E-state index contributed by atoms with van der Waals surface area (Å²) < 4.78 is 12.3. The Hall–Kier alpha value is -2.18. The quantitative estimate of drug-likeness (QED) is 0.453. The molecule has 1 heterocycles. The van der Waals surface area contributed by atoms with Crippen LogP contribution in [0.25, 0.3) is 0 Å². The molecule has 0 saturated carbocycles. The first-order valence-electron chi connectivity index (χ1n) is 10.9. The first-order chi connectivity index (χ1) is 14.7. The lowest BCUT2D eigenvalue weighted by Gasteiger charge is -2.23. The third-order valence-corrected chi connectivity index (χ3v) is 6.64. The molecule has 5 nitrogen and oxygen atoms in total. The summed E-state index contributed by atoms with van der Waals surface area (Å²) in [5, 5.41) is 6.67. The summed E-state index contributed by atoms with van der Waals surface area (Å²) >= 11 is 0. The molecule has 2 aromatic rings. The number of guanidine groups is 1. The van der Waals surface area contributed by atoms with Crippen molar-refractivity contribution in [2.24, 2.45) is 4.99 Å². The summed E-state index contributed by atoms with van der Waals surface area (Å²) in [5.74, 6) is 2.04. The summed E-state index contributed by atoms with van der Waals surface area (Å²) in [4.78, 5) is 7.36. The van der Waals surface area contributed by atoms with E-state index in [4.69, 9.17) is 4.99 Å². The molecule has 0 aromatic heterocycles. The molecule has 2 atom stereocenters. The fraction of sp³-hybridized carbons (Fsp3) is 0.458. The Morgan fingerprint density at radius 2 is 1.77 bits per heavy atom. The van der Waals surface area contributed by atoms with Gasteiger partial charge in [0.15, 0.2) is 5.96 Å². The van der Waals surface area contributed by atoms with E-state index in [-0.39, 0.29) is 0 Å². The fourth-order valence-electron chi connectivity index (χ4n) is 3.78. The second-order valence-electron chi connectivity index (χ2n) is 7.67. The number of likely N-dealkylation sites (tertiary alicyclic amines) is 1. The Balaban J connectivity index is 1.45. The van der Waals surface area contributed by atoms with Crippen molar-refractivity contribution in [2.75, 3.05) is 31.9 Å². The minimum atomic E-state index is -0.879. The fourth-order valence-corrected chi connectivity index (χ4v) is 4.82. The zero-order chi connectivity index (χ0) is 21.0. The van der Waals surface area contributed by atoms with E-state index in [1.807, 2.05) is 30.3 Å². The highest BCUT2D eigenvalue weighted by Crippen LogP contribution is 2.20. The summed E-state index contributed by atoms with van der Waals surface area (Å²) in [6.07, 6.45) is 2.42. The van der Waals surface area contributed by atoms with Crippen LogP contribution in [0, 0.1) is 0 Å². The van der Waals surface area contributed by atoms with Gasteiger partial charge in [0.25, 0.3) is 0 Å². The van der Waals surface area contributed by atoms with E-state index in [9.17, 15) is 4.21 Å². The van der Waals surface area contributed by atoms with E-state index in [2.05, 4.69) is 52.8 Å². The summed E-state index contributed by atoms with van der Waals surface area (Å²) in [5.41, 5.74) is 2.48. The van der Waals surface area contributed by atoms with Gasteiger partial charge in [0.05, 0.1) is 6.54 Å². The van der Waals surface area contributed by atoms with Crippen molar-refractivity contribution in [2.45, 2.75) is 38.1 Å². The summed E-state index contributed by atoms with van der Waals surface area (Å²) in [7, 11) is -0.879. The van der Waals surface area contributed by atoms with Gasteiger partial charge >= 0.3 is 0 Å². The molecule has 0 spiro atoms. The van der Waals surface area contributed by atoms with Crippen LogP contribution < -0.4 is 10.6 Å². The van der Waals surface area contributed by atoms with Crippen LogP contribution in [0.5, 0.6) is 0 Å². The molecule has 162 valence electrons. The van der Waals surface area contributed by atoms with Gasteiger partial charge in [-0.3, -0.25) is 14.1 Å². The lowest BCUT2D eigenvalue weighted by molar-refractivity contribution is 0.250. The molecule has 0 radical (unpaired) electrons. The largest absolute Gasteiger partial charge is 0.357 e. The standard InChI is InChI=1S/C24H34N4OS/c1-2-25-24(26-15-17-30(29)20-22-12-7-4-8-13-22)27-18-23-14-9-16-28(23)19-21-10-5-3-6-11-21/h3-8,10-13,23H,2,9,14-20H2,1H3,(H2,25,26,27). The van der Waals surface area contributed by atoms with Gasteiger partial charge < -0.3 is 10.6 Å². The van der Waals surface area contributed by atoms with Crippen molar-refractivity contribution in [1.29, 1.82) is 0 Å². The van der Waals surface area contributed by atoms with Crippen molar-refractivity contribution < 1.29 is 4.21 Å². The monoisotopic (exact) mass is 426 g/mol. The average Bonchev–Trinajstić information content (AvgIpc) is 3.20. The number of benzene rings is 2. The second kappa shape index (κ2) is 12.5. The van der Waals surface area contributed by atoms with Crippen molar-refractivity contribution >= 4 is 16.8 Å². The van der Waals surface area contributed by atoms with Gasteiger partial charge in [0.1, 0.15) is 0 Å². The molecule has 1 aliphatic heterocycles. The number of nitrogens with one attached hydrogen (secondary N) is 2. The molecule has 0 aliphatic carbocycles. The Morgan fingerprint density at radius 3 is 2.47 bits per heavy atom. The average molecular weight is 427 g/mol. The Kier molecular flexibility index (Phi) is 9.38. The molecular formula is C24H34N4OS. The molecule has 2 unspecified atom stereocenters. The lowest BCUT2D eigenvalue weighted by Crippen LogP contribution is -2.40. The zero-order valence-electron chi connectivity index (χ0n) is 17.9. The first kappa shape index (κ1) is 22.5. The number of aliphatic imine (C=N–C) groups is 1. The molecule has 2 N–H and O–H groups in total. The minimum absolute atomic E-state index is 0.480. The van der Waals surface area contributed by atoms with Crippen LogP contribution in [0.4, 0.5) is 0 Å². The van der Waals surface area contributed by atoms with Gasteiger partial charge in [-0.1, -0.05) is 60.7 Å². The molecule has 3 rings (SSSR count). The molecule has 6 heteroatoms. The maximum absolute atomic E-state index is 12.3. The van der Waals surface area contributed by atoms with E-state index in [0.29, 0.717) is 24.1 Å². The van der Waals surface area contributed by atoms with Crippen LogP contribution >= 0.6 is 0 Å². The van der Waals surface area contributed by atoms with E-state index >= 15 is 0 Å². The highest BCUT2D eigenvalue weighted by Gasteiger charge is 2.24. The molecule has 1 fully saturated rings. The molecule has 0 bridgehead atoms. The van der Waals surface area contributed by atoms with Crippen LogP contribution in [0.1, 0.15) is 30.9 Å². The van der Waals surface area contributed by atoms with E-state index in [0.717, 1.165) is 37.7 Å². The Labute approximate surface area is 183 Å². The summed E-state index contributed by atoms with van der Waals surface area (Å²) in [6.45, 7) is 6.46. The number of hydrogen-bond donors (Lipinski definition) is 2. The second-order valence-corrected chi connectivity index (χ2v) is 9.25. The number of hydrogen-bond acceptors (Lipinski definition) is 3. The van der Waals surface area contributed by atoms with Crippen LogP contribution in [0.2, 0.25) is 0 Å². The highest BCUT2D eigenvalue weighted by atomic mass is 32.2. The lowest BCUT2D eigenvalue weighted by atomic mass is 10.2. The van der Waals surface area contributed by atoms with Gasteiger partial charge in [0.2, 0.25) is 0 Å². The van der Waals surface area contributed by atoms with E-state index in [1.54, 1.807) is 0 Å². The van der Waals surface area contributed by atoms with Crippen molar-refractivity contribution in [3.8, 4) is 0 Å². The summed E-state index contributed by atoms with van der Waals surface area (Å²) in [6, 6.07) is 21.2. The van der Waals surface area contributed by atoms with Gasteiger partial charge in [-0.05, 0) is 37.4 Å². The Morgan fingerprint density at radius 1 is 1.07 bits per heavy atom. The highest BCUT2D eigenvalue weighted by molar-refractivity contribution is 7.84. The smallest absolute Gasteiger partial charge is 0.191 e. The van der Waals surface area contributed by atoms with Gasteiger partial charge in [-0.2, -0.15) is 0 Å². The topological polar surface area (TPSA) is 56.7 Å². The van der Waals surface area contributed by atoms with Crippen LogP contribution in [0.15, 0.2) is 65.7 Å². The van der Waals surface area contributed by atoms with Gasteiger partial charge in [-0.15, -0.1) is 0 Å². The molecule has 1 saturated heterocycles. The maximum Gasteiger partial charge on any atom is 0.191 e. The molecule has 2 aromatic carbocycles. The van der Waals surface area contributed by atoms with Crippen LogP contribution in [-0.4, -0.2) is 53.0 Å². The predicted molar refractivity (Wildman–Crippen MR) is 127 cm³/mol. The third kappa shape index (κ3) is 7.58. The van der Waals surface area contributed by atoms with Crippen molar-refractivity contribution in [3.05, 3.63) is 71.8 Å². The molecule has 0 amide bonds. The SMILES string of the molecule is CCNC(=NCC1CCCN1Cc1ccccc1)NCCS(=O)Cc1ccccc1. The van der Waals surface area contributed by atoms with Crippen molar-refractivity contribution in [1.82, 2.24) is 15.5 Å². The van der Waals surface area contributed by atoms with Crippen molar-refractivity contribution in [3.63, 3.8) is 0 Å². The van der Waals surface area contributed by atoms with E-state index in [1.165, 1.54) is 18.4 Å². The zero-order valence-corrected chi connectivity index (χ0v) is 18.7. The molecular weight excluding hydrogens is 392 g/mol. The number of nitrogens with zero attached hydrogens (tertiary/aromatic N) is 2. The first-order valence-corrected chi connectivity index (χ1v) is 12.4. The Bertz CT molecular complexity index is 797. The maximum atomic E-state index is 12.3.